The fourth-order valence-corrected chi connectivity index (χ4v) is 3.20. The number of halogens is 1. The molecule has 1 heterocycles. The number of para-hydroxylation sites is 2. The smallest absolute Gasteiger partial charge is 0.234 e. The van der Waals surface area contributed by atoms with E-state index >= 15 is 0 Å². The first kappa shape index (κ1) is 17.6. The van der Waals surface area contributed by atoms with Gasteiger partial charge in [-0.1, -0.05) is 12.1 Å². The third kappa shape index (κ3) is 4.64. The topological polar surface area (TPSA) is 56.1 Å². The van der Waals surface area contributed by atoms with E-state index in [1.807, 2.05) is 54.7 Å². The molecule has 0 unspecified atom stereocenters. The van der Waals surface area contributed by atoms with Crippen molar-refractivity contribution in [2.45, 2.75) is 4.90 Å². The van der Waals surface area contributed by atoms with E-state index in [0.29, 0.717) is 5.75 Å². The molecule has 0 radical (unpaired) electrons. The predicted octanol–water partition coefficient (Wildman–Crippen LogP) is 4.37. The third-order valence-corrected chi connectivity index (χ3v) is 4.83. The van der Waals surface area contributed by atoms with Gasteiger partial charge < -0.3 is 10.1 Å². The maximum absolute atomic E-state index is 12.3. The zero-order chi connectivity index (χ0) is 17.6. The molecule has 0 spiro atoms. The molecule has 0 bridgehead atoms. The standard InChI is InChI=1S/C18H16BrN3O2S/c1-24-14-6-8-15(9-7-14)25-12-18(23)21-16-4-2-3-5-17(16)22-11-13(19)10-20-22/h2-11H,12H2,1H3,(H,21,23). The maximum Gasteiger partial charge on any atom is 0.234 e. The second-order valence-electron chi connectivity index (χ2n) is 5.13. The molecule has 3 aromatic rings. The number of nitrogens with one attached hydrogen (secondary N) is 1. The minimum absolute atomic E-state index is 0.0699. The highest BCUT2D eigenvalue weighted by atomic mass is 79.9. The van der Waals surface area contributed by atoms with Gasteiger partial charge in [-0.3, -0.25) is 4.79 Å². The van der Waals surface area contributed by atoms with Crippen LogP contribution in [0.25, 0.3) is 5.69 Å². The van der Waals surface area contributed by atoms with Gasteiger partial charge in [0.15, 0.2) is 0 Å². The summed E-state index contributed by atoms with van der Waals surface area (Å²) in [5.74, 6) is 1.05. The van der Waals surface area contributed by atoms with E-state index in [1.165, 1.54) is 11.8 Å². The van der Waals surface area contributed by atoms with Crippen molar-refractivity contribution in [1.82, 2.24) is 9.78 Å². The molecule has 1 N–H and O–H groups in total. The van der Waals surface area contributed by atoms with E-state index in [-0.39, 0.29) is 5.91 Å². The monoisotopic (exact) mass is 417 g/mol. The Morgan fingerprint density at radius 1 is 1.24 bits per heavy atom. The number of hydrogen-bond donors (Lipinski definition) is 1. The lowest BCUT2D eigenvalue weighted by Crippen LogP contribution is -2.15. The molecule has 1 aromatic heterocycles. The average molecular weight is 418 g/mol. The van der Waals surface area contributed by atoms with Gasteiger partial charge >= 0.3 is 0 Å². The van der Waals surface area contributed by atoms with E-state index < -0.39 is 0 Å². The quantitative estimate of drug-likeness (QED) is 0.604. The molecule has 0 saturated heterocycles. The van der Waals surface area contributed by atoms with E-state index in [2.05, 4.69) is 26.3 Å². The summed E-state index contributed by atoms with van der Waals surface area (Å²) in [6, 6.07) is 15.2. The van der Waals surface area contributed by atoms with Gasteiger partial charge in [0.05, 0.1) is 34.9 Å². The molecule has 0 aliphatic heterocycles. The summed E-state index contributed by atoms with van der Waals surface area (Å²) in [6.07, 6.45) is 3.55. The third-order valence-electron chi connectivity index (χ3n) is 3.41. The Bertz CT molecular complexity index is 865. The van der Waals surface area contributed by atoms with Crippen LogP contribution in [0.1, 0.15) is 0 Å². The fourth-order valence-electron chi connectivity index (χ4n) is 2.22. The minimum atomic E-state index is -0.0699. The number of benzene rings is 2. The van der Waals surface area contributed by atoms with Gasteiger partial charge in [0.2, 0.25) is 5.91 Å². The SMILES string of the molecule is COc1ccc(SCC(=O)Nc2ccccc2-n2cc(Br)cn2)cc1. The Kier molecular flexibility index (Phi) is 5.78. The molecule has 0 aliphatic carbocycles. The minimum Gasteiger partial charge on any atom is -0.497 e. The molecule has 3 rings (SSSR count). The number of aromatic nitrogens is 2. The highest BCUT2D eigenvalue weighted by molar-refractivity contribution is 9.10. The van der Waals surface area contributed by atoms with Gasteiger partial charge in [-0.05, 0) is 52.3 Å². The Hall–Kier alpha value is -2.25. The van der Waals surface area contributed by atoms with Crippen molar-refractivity contribution in [1.29, 1.82) is 0 Å². The van der Waals surface area contributed by atoms with Crippen molar-refractivity contribution in [2.75, 3.05) is 18.2 Å². The van der Waals surface area contributed by atoms with Crippen molar-refractivity contribution in [3.8, 4) is 11.4 Å². The first-order valence-corrected chi connectivity index (χ1v) is 9.30. The van der Waals surface area contributed by atoms with Gasteiger partial charge in [-0.25, -0.2) is 4.68 Å². The van der Waals surface area contributed by atoms with Crippen LogP contribution >= 0.6 is 27.7 Å². The molecule has 25 heavy (non-hydrogen) atoms. The molecule has 0 aliphatic rings. The highest BCUT2D eigenvalue weighted by Crippen LogP contribution is 2.23. The molecule has 0 atom stereocenters. The van der Waals surface area contributed by atoms with Crippen molar-refractivity contribution in [3.63, 3.8) is 0 Å². The normalized spacial score (nSPS) is 10.5. The van der Waals surface area contributed by atoms with Crippen LogP contribution in [-0.2, 0) is 4.79 Å². The lowest BCUT2D eigenvalue weighted by molar-refractivity contribution is -0.113. The van der Waals surface area contributed by atoms with Crippen LogP contribution in [0.15, 0.2) is 70.3 Å². The molecule has 1 amide bonds. The summed E-state index contributed by atoms with van der Waals surface area (Å²) in [7, 11) is 1.63. The summed E-state index contributed by atoms with van der Waals surface area (Å²) in [6.45, 7) is 0. The zero-order valence-electron chi connectivity index (χ0n) is 13.5. The van der Waals surface area contributed by atoms with Crippen molar-refractivity contribution in [3.05, 3.63) is 65.4 Å². The highest BCUT2D eigenvalue weighted by Gasteiger charge is 2.09. The molecule has 0 fully saturated rings. The van der Waals surface area contributed by atoms with Gasteiger partial charge in [0.25, 0.3) is 0 Å². The number of thioether (sulfide) groups is 1. The number of rotatable bonds is 6. The Morgan fingerprint density at radius 2 is 2.00 bits per heavy atom. The van der Waals surface area contributed by atoms with Crippen LogP contribution in [-0.4, -0.2) is 28.6 Å². The molecule has 7 heteroatoms. The average Bonchev–Trinajstić information content (AvgIpc) is 3.07. The van der Waals surface area contributed by atoms with Crippen LogP contribution in [0.2, 0.25) is 0 Å². The van der Waals surface area contributed by atoms with Crippen LogP contribution in [0, 0.1) is 0 Å². The van der Waals surface area contributed by atoms with Crippen LogP contribution < -0.4 is 10.1 Å². The van der Waals surface area contributed by atoms with Gasteiger partial charge in [0, 0.05) is 11.1 Å². The maximum atomic E-state index is 12.3. The fraction of sp³-hybridized carbons (Fsp3) is 0.111. The number of nitrogens with zero attached hydrogens (tertiary/aromatic N) is 2. The van der Waals surface area contributed by atoms with E-state index in [0.717, 1.165) is 26.5 Å². The number of carbonyl (C=O) groups excluding carboxylic acids is 1. The number of hydrogen-bond acceptors (Lipinski definition) is 4. The van der Waals surface area contributed by atoms with Crippen molar-refractivity contribution < 1.29 is 9.53 Å². The number of amides is 1. The summed E-state index contributed by atoms with van der Waals surface area (Å²) in [4.78, 5) is 13.3. The van der Waals surface area contributed by atoms with Gasteiger partial charge in [-0.2, -0.15) is 5.10 Å². The first-order valence-electron chi connectivity index (χ1n) is 7.52. The number of anilines is 1. The molecular formula is C18H16BrN3O2S. The van der Waals surface area contributed by atoms with Crippen molar-refractivity contribution >= 4 is 39.3 Å². The molecule has 5 nitrogen and oxygen atoms in total. The summed E-state index contributed by atoms with van der Waals surface area (Å²) in [5.41, 5.74) is 1.54. The lowest BCUT2D eigenvalue weighted by Gasteiger charge is -2.11. The first-order chi connectivity index (χ1) is 12.2. The van der Waals surface area contributed by atoms with Crippen molar-refractivity contribution in [2.24, 2.45) is 0 Å². The molecule has 128 valence electrons. The van der Waals surface area contributed by atoms with E-state index in [1.54, 1.807) is 18.0 Å². The molecule has 2 aromatic carbocycles. The largest absolute Gasteiger partial charge is 0.497 e. The zero-order valence-corrected chi connectivity index (χ0v) is 15.9. The second kappa shape index (κ2) is 8.22. The summed E-state index contributed by atoms with van der Waals surface area (Å²) in [5, 5.41) is 7.22. The van der Waals surface area contributed by atoms with Gasteiger partial charge in [0.1, 0.15) is 5.75 Å². The molecule has 0 saturated carbocycles. The number of methoxy groups -OCH3 is 1. The summed E-state index contributed by atoms with van der Waals surface area (Å²) >= 11 is 4.86. The number of carbonyl (C=O) groups is 1. The Morgan fingerprint density at radius 3 is 2.68 bits per heavy atom. The summed E-state index contributed by atoms with van der Waals surface area (Å²) < 4.78 is 7.73. The van der Waals surface area contributed by atoms with E-state index in [4.69, 9.17) is 4.74 Å². The predicted molar refractivity (Wildman–Crippen MR) is 104 cm³/mol. The lowest BCUT2D eigenvalue weighted by atomic mass is 10.2. The van der Waals surface area contributed by atoms with E-state index in [9.17, 15) is 4.79 Å². The van der Waals surface area contributed by atoms with Gasteiger partial charge in [-0.15, -0.1) is 11.8 Å². The Labute approximate surface area is 158 Å². The van der Waals surface area contributed by atoms with Crippen LogP contribution in [0.3, 0.4) is 0 Å². The second-order valence-corrected chi connectivity index (χ2v) is 7.10. The molecular weight excluding hydrogens is 402 g/mol. The van der Waals surface area contributed by atoms with Crippen LogP contribution in [0.4, 0.5) is 5.69 Å². The van der Waals surface area contributed by atoms with Crippen LogP contribution in [0.5, 0.6) is 5.75 Å². The Balaban J connectivity index is 1.65. The number of ether oxygens (including phenoxy) is 1.